The summed E-state index contributed by atoms with van der Waals surface area (Å²) in [5.74, 6) is 1.25. The van der Waals surface area contributed by atoms with Crippen LogP contribution in [0.3, 0.4) is 0 Å². The maximum atomic E-state index is 12.6. The molecule has 0 radical (unpaired) electrons. The minimum Gasteiger partial charge on any atom is -0.476 e. The maximum absolute atomic E-state index is 12.6. The van der Waals surface area contributed by atoms with Crippen LogP contribution < -0.4 is 9.46 Å². The first-order valence-corrected chi connectivity index (χ1v) is 13.1. The lowest BCUT2D eigenvalue weighted by Crippen LogP contribution is -2.58. The number of aromatic nitrogens is 1. The Balaban J connectivity index is 1.35. The van der Waals surface area contributed by atoms with Gasteiger partial charge in [-0.2, -0.15) is 0 Å². The highest BCUT2D eigenvalue weighted by atomic mass is 32.2. The lowest BCUT2D eigenvalue weighted by molar-refractivity contribution is -0.0284. The van der Waals surface area contributed by atoms with E-state index in [1.165, 1.54) is 5.56 Å². The summed E-state index contributed by atoms with van der Waals surface area (Å²) in [5.41, 5.74) is 1.22. The Kier molecular flexibility index (Phi) is 6.01. The summed E-state index contributed by atoms with van der Waals surface area (Å²) in [7, 11) is -3.22. The zero-order chi connectivity index (χ0) is 20.6. The Labute approximate surface area is 179 Å². The molecule has 3 aliphatic heterocycles. The largest absolute Gasteiger partial charge is 0.476 e. The Morgan fingerprint density at radius 2 is 1.90 bits per heavy atom. The second-order valence-corrected chi connectivity index (χ2v) is 11.3. The zero-order valence-electron chi connectivity index (χ0n) is 17.5. The number of nitrogens with one attached hydrogen (secondary N) is 1. The molecular formula is C22H33N3O4S. The number of rotatable bonds is 3. The van der Waals surface area contributed by atoms with Crippen molar-refractivity contribution in [3.05, 3.63) is 23.9 Å². The topological polar surface area (TPSA) is 80.8 Å². The van der Waals surface area contributed by atoms with Gasteiger partial charge in [0.1, 0.15) is 6.61 Å². The summed E-state index contributed by atoms with van der Waals surface area (Å²) in [6.07, 6.45) is 9.72. The van der Waals surface area contributed by atoms with Crippen LogP contribution in [-0.2, 0) is 14.8 Å². The van der Waals surface area contributed by atoms with Crippen molar-refractivity contribution in [3.63, 3.8) is 0 Å². The van der Waals surface area contributed by atoms with Crippen molar-refractivity contribution in [3.8, 4) is 5.88 Å². The highest BCUT2D eigenvalue weighted by Gasteiger charge is 2.41. The van der Waals surface area contributed by atoms with Crippen molar-refractivity contribution >= 4 is 10.0 Å². The van der Waals surface area contributed by atoms with Crippen molar-refractivity contribution < 1.29 is 17.9 Å². The van der Waals surface area contributed by atoms with E-state index in [1.54, 1.807) is 6.20 Å². The van der Waals surface area contributed by atoms with Crippen molar-refractivity contribution in [1.82, 2.24) is 14.6 Å². The number of sulfonamides is 1. The Morgan fingerprint density at radius 1 is 1.07 bits per heavy atom. The van der Waals surface area contributed by atoms with E-state index in [2.05, 4.69) is 20.7 Å². The van der Waals surface area contributed by atoms with E-state index >= 15 is 0 Å². The molecule has 2 aliphatic carbocycles. The van der Waals surface area contributed by atoms with E-state index in [9.17, 15) is 8.42 Å². The molecule has 8 heteroatoms. The first kappa shape index (κ1) is 20.7. The molecule has 2 atom stereocenters. The third kappa shape index (κ3) is 4.52. The molecule has 2 bridgehead atoms. The first-order valence-electron chi connectivity index (χ1n) is 11.5. The van der Waals surface area contributed by atoms with Gasteiger partial charge in [-0.05, 0) is 69.9 Å². The van der Waals surface area contributed by atoms with E-state index in [0.717, 1.165) is 70.3 Å². The van der Waals surface area contributed by atoms with E-state index in [1.807, 2.05) is 6.07 Å². The fourth-order valence-electron chi connectivity index (χ4n) is 5.32. The molecule has 7 nitrogen and oxygen atoms in total. The lowest BCUT2D eigenvalue weighted by atomic mass is 9.83. The number of nitrogens with zero attached hydrogens (tertiary/aromatic N) is 2. The zero-order valence-corrected chi connectivity index (χ0v) is 18.4. The molecule has 0 spiro atoms. The van der Waals surface area contributed by atoms with Gasteiger partial charge in [0.15, 0.2) is 0 Å². The molecule has 6 rings (SSSR count). The predicted molar refractivity (Wildman–Crippen MR) is 114 cm³/mol. The number of ether oxygens (including phenoxy) is 2. The van der Waals surface area contributed by atoms with Gasteiger partial charge >= 0.3 is 0 Å². The summed E-state index contributed by atoms with van der Waals surface area (Å²) in [4.78, 5) is 6.87. The molecule has 30 heavy (non-hydrogen) atoms. The molecule has 1 aromatic heterocycles. The Morgan fingerprint density at radius 3 is 2.70 bits per heavy atom. The van der Waals surface area contributed by atoms with Gasteiger partial charge in [-0.1, -0.05) is 6.07 Å². The van der Waals surface area contributed by atoms with Gasteiger partial charge in [0.2, 0.25) is 15.9 Å². The normalized spacial score (nSPS) is 33.3. The summed E-state index contributed by atoms with van der Waals surface area (Å²) in [6, 6.07) is 4.12. The lowest BCUT2D eigenvalue weighted by Gasteiger charge is -2.42. The average molecular weight is 436 g/mol. The quantitative estimate of drug-likeness (QED) is 0.785. The third-order valence-corrected chi connectivity index (χ3v) is 9.19. The van der Waals surface area contributed by atoms with Crippen LogP contribution in [-0.4, -0.2) is 68.0 Å². The molecule has 5 aliphatic rings. The minimum absolute atomic E-state index is 0.0533. The summed E-state index contributed by atoms with van der Waals surface area (Å²) < 4.78 is 40.8. The molecule has 0 amide bonds. The summed E-state index contributed by atoms with van der Waals surface area (Å²) in [5, 5.41) is -0.190. The second-order valence-electron chi connectivity index (χ2n) is 9.27. The molecule has 0 unspecified atom stereocenters. The van der Waals surface area contributed by atoms with Crippen LogP contribution in [0.5, 0.6) is 5.88 Å². The second kappa shape index (κ2) is 8.73. The van der Waals surface area contributed by atoms with Crippen molar-refractivity contribution in [1.29, 1.82) is 0 Å². The number of hydrogen-bond donors (Lipinski definition) is 1. The molecule has 0 aromatic carbocycles. The average Bonchev–Trinajstić information content (AvgIpc) is 3.59. The monoisotopic (exact) mass is 435 g/mol. The predicted octanol–water partition coefficient (Wildman–Crippen LogP) is 2.43. The van der Waals surface area contributed by atoms with E-state index in [-0.39, 0.29) is 23.4 Å². The maximum Gasteiger partial charge on any atom is 0.216 e. The van der Waals surface area contributed by atoms with Crippen LogP contribution in [0.2, 0.25) is 0 Å². The van der Waals surface area contributed by atoms with Gasteiger partial charge in [0.05, 0.1) is 18.0 Å². The van der Waals surface area contributed by atoms with E-state index in [0.29, 0.717) is 19.1 Å². The molecule has 4 heterocycles. The van der Waals surface area contributed by atoms with Crippen molar-refractivity contribution in [2.75, 3.05) is 26.3 Å². The standard InChI is InChI=1S/C22H33N3O4S/c26-30(27,18-9-10-18)24-20-4-2-12-25-13-14-28-22-19(3-1-11-23-22)16-5-7-17(8-6-16)29-15-21(20)25/h1,3,11,16-18,20-21,24H,2,4-10,12-15H2/t16?,17?,20-,21-/m0/s1. The smallest absolute Gasteiger partial charge is 0.216 e. The fraction of sp³-hybridized carbons (Fsp3) is 0.773. The van der Waals surface area contributed by atoms with Gasteiger partial charge in [0, 0.05) is 30.4 Å². The molecule has 166 valence electrons. The van der Waals surface area contributed by atoms with E-state index in [4.69, 9.17) is 9.47 Å². The highest BCUT2D eigenvalue weighted by Crippen LogP contribution is 2.38. The van der Waals surface area contributed by atoms with Crippen LogP contribution in [0.25, 0.3) is 0 Å². The van der Waals surface area contributed by atoms with Gasteiger partial charge in [0.25, 0.3) is 0 Å². The number of fused-ring (bicyclic) bond motifs is 5. The first-order chi connectivity index (χ1) is 14.6. The molecule has 2 saturated carbocycles. The van der Waals surface area contributed by atoms with Gasteiger partial charge < -0.3 is 9.47 Å². The molecule has 1 N–H and O–H groups in total. The van der Waals surface area contributed by atoms with Gasteiger partial charge in [-0.3, -0.25) is 4.90 Å². The van der Waals surface area contributed by atoms with Crippen LogP contribution in [0.4, 0.5) is 0 Å². The van der Waals surface area contributed by atoms with Gasteiger partial charge in [-0.25, -0.2) is 18.1 Å². The van der Waals surface area contributed by atoms with Crippen LogP contribution in [0, 0.1) is 0 Å². The SMILES string of the molecule is O=S(=O)(N[C@H]1CCCN2CCOc3ncccc3C3CCC(CC3)OC[C@@H]12)C1CC1. The number of piperidine rings is 1. The Hall–Kier alpha value is -1.22. The van der Waals surface area contributed by atoms with Crippen LogP contribution in [0.15, 0.2) is 18.3 Å². The Bertz CT molecular complexity index is 837. The number of hydrogen-bond acceptors (Lipinski definition) is 6. The molecular weight excluding hydrogens is 402 g/mol. The third-order valence-electron chi connectivity index (χ3n) is 7.21. The van der Waals surface area contributed by atoms with Crippen LogP contribution >= 0.6 is 0 Å². The number of pyridine rings is 1. The summed E-state index contributed by atoms with van der Waals surface area (Å²) in [6.45, 7) is 2.83. The van der Waals surface area contributed by atoms with Crippen LogP contribution in [0.1, 0.15) is 62.8 Å². The highest BCUT2D eigenvalue weighted by molar-refractivity contribution is 7.90. The molecule has 3 fully saturated rings. The fourth-order valence-corrected chi connectivity index (χ4v) is 6.96. The van der Waals surface area contributed by atoms with Gasteiger partial charge in [-0.15, -0.1) is 0 Å². The van der Waals surface area contributed by atoms with Crippen molar-refractivity contribution in [2.24, 2.45) is 0 Å². The van der Waals surface area contributed by atoms with E-state index < -0.39 is 10.0 Å². The molecule has 1 aromatic rings. The molecule has 1 saturated heterocycles. The van der Waals surface area contributed by atoms with Crippen molar-refractivity contribution in [2.45, 2.75) is 80.7 Å². The minimum atomic E-state index is -3.22. The summed E-state index contributed by atoms with van der Waals surface area (Å²) >= 11 is 0.